The van der Waals surface area contributed by atoms with Crippen LogP contribution in [0.2, 0.25) is 0 Å². The number of rotatable bonds is 3. The quantitative estimate of drug-likeness (QED) is 0.537. The Balaban J connectivity index is 1.74. The number of anilines is 3. The van der Waals surface area contributed by atoms with Crippen molar-refractivity contribution in [2.24, 2.45) is 0 Å². The Bertz CT molecular complexity index is 911. The van der Waals surface area contributed by atoms with E-state index in [-0.39, 0.29) is 12.1 Å². The van der Waals surface area contributed by atoms with Crippen molar-refractivity contribution in [1.82, 2.24) is 0 Å². The number of benzene rings is 3. The average molecular weight is 397 g/mol. The number of alkyl halides is 3. The first-order valence-electron chi connectivity index (χ1n) is 9.49. The summed E-state index contributed by atoms with van der Waals surface area (Å²) in [4.78, 5) is 2.21. The molecule has 3 nitrogen and oxygen atoms in total. The smallest absolute Gasteiger partial charge is 0.399 e. The Morgan fingerprint density at radius 3 is 1.45 bits per heavy atom. The number of nitrogens with zero attached hydrogens (tertiary/aromatic N) is 1. The number of hydrogen-bond acceptors (Lipinski definition) is 3. The van der Waals surface area contributed by atoms with Crippen molar-refractivity contribution in [3.05, 3.63) is 89.5 Å². The Kier molecular flexibility index (Phi) is 4.86. The van der Waals surface area contributed by atoms with Crippen molar-refractivity contribution < 1.29 is 13.2 Å². The minimum absolute atomic E-state index is 0.0508. The van der Waals surface area contributed by atoms with Crippen molar-refractivity contribution in [3.8, 4) is 0 Å². The molecule has 2 atom stereocenters. The van der Waals surface area contributed by atoms with Crippen LogP contribution in [-0.2, 0) is 6.18 Å². The van der Waals surface area contributed by atoms with Crippen molar-refractivity contribution in [3.63, 3.8) is 0 Å². The van der Waals surface area contributed by atoms with Gasteiger partial charge in [-0.3, -0.25) is 0 Å². The van der Waals surface area contributed by atoms with Gasteiger partial charge in [-0.05, 0) is 72.5 Å². The minimum atomic E-state index is -4.35. The van der Waals surface area contributed by atoms with Crippen LogP contribution in [0.15, 0.2) is 72.8 Å². The third kappa shape index (κ3) is 3.88. The lowest BCUT2D eigenvalue weighted by Crippen LogP contribution is -2.26. The topological polar surface area (TPSA) is 55.3 Å². The molecule has 1 aliphatic heterocycles. The highest BCUT2D eigenvalue weighted by Crippen LogP contribution is 2.47. The second kappa shape index (κ2) is 7.35. The van der Waals surface area contributed by atoms with E-state index in [4.69, 9.17) is 11.5 Å². The van der Waals surface area contributed by atoms with Crippen LogP contribution in [0.4, 0.5) is 30.2 Å². The first-order chi connectivity index (χ1) is 13.8. The maximum Gasteiger partial charge on any atom is 0.416 e. The molecule has 3 aromatic rings. The Hall–Kier alpha value is -3.15. The van der Waals surface area contributed by atoms with Crippen molar-refractivity contribution >= 4 is 17.1 Å². The third-order valence-electron chi connectivity index (χ3n) is 5.52. The van der Waals surface area contributed by atoms with Crippen molar-refractivity contribution in [2.45, 2.75) is 31.1 Å². The van der Waals surface area contributed by atoms with Crippen LogP contribution >= 0.6 is 0 Å². The molecule has 0 radical (unpaired) electrons. The molecule has 6 heteroatoms. The molecule has 29 heavy (non-hydrogen) atoms. The molecule has 0 spiro atoms. The van der Waals surface area contributed by atoms with Gasteiger partial charge in [-0.15, -0.1) is 0 Å². The summed E-state index contributed by atoms with van der Waals surface area (Å²) in [7, 11) is 0. The molecule has 0 amide bonds. The van der Waals surface area contributed by atoms with Crippen LogP contribution in [0.25, 0.3) is 0 Å². The monoisotopic (exact) mass is 397 g/mol. The van der Waals surface area contributed by atoms with E-state index in [2.05, 4.69) is 4.90 Å². The van der Waals surface area contributed by atoms with Crippen LogP contribution in [-0.4, -0.2) is 0 Å². The van der Waals surface area contributed by atoms with E-state index in [1.54, 1.807) is 12.1 Å². The van der Waals surface area contributed by atoms with Gasteiger partial charge in [0, 0.05) is 17.1 Å². The highest BCUT2D eigenvalue weighted by atomic mass is 19.4. The molecule has 4 rings (SSSR count). The summed E-state index contributed by atoms with van der Waals surface area (Å²) in [5, 5.41) is 0. The van der Waals surface area contributed by atoms with Gasteiger partial charge >= 0.3 is 6.18 Å². The van der Waals surface area contributed by atoms with E-state index in [0.29, 0.717) is 11.4 Å². The molecule has 0 aliphatic carbocycles. The molecular weight excluding hydrogens is 375 g/mol. The molecule has 1 saturated heterocycles. The lowest BCUT2D eigenvalue weighted by molar-refractivity contribution is -0.137. The summed E-state index contributed by atoms with van der Waals surface area (Å²) >= 11 is 0. The highest BCUT2D eigenvalue weighted by Gasteiger charge is 2.36. The first kappa shape index (κ1) is 19.2. The van der Waals surface area contributed by atoms with E-state index in [1.807, 2.05) is 48.5 Å². The Morgan fingerprint density at radius 2 is 1.07 bits per heavy atom. The van der Waals surface area contributed by atoms with Crippen LogP contribution in [0.5, 0.6) is 0 Å². The van der Waals surface area contributed by atoms with Gasteiger partial charge < -0.3 is 16.4 Å². The molecule has 150 valence electrons. The zero-order valence-corrected chi connectivity index (χ0v) is 15.7. The maximum atomic E-state index is 13.0. The summed E-state index contributed by atoms with van der Waals surface area (Å²) < 4.78 is 39.1. The molecule has 4 N–H and O–H groups in total. The lowest BCUT2D eigenvalue weighted by atomic mass is 10.0. The largest absolute Gasteiger partial charge is 0.416 e. The van der Waals surface area contributed by atoms with Crippen LogP contribution in [0.3, 0.4) is 0 Å². The van der Waals surface area contributed by atoms with E-state index < -0.39 is 11.7 Å². The molecule has 1 unspecified atom stereocenters. The summed E-state index contributed by atoms with van der Waals surface area (Å²) in [5.74, 6) is 0. The van der Waals surface area contributed by atoms with E-state index in [1.165, 1.54) is 0 Å². The normalized spacial score (nSPS) is 19.5. The third-order valence-corrected chi connectivity index (χ3v) is 5.52. The molecular formula is C23H22F3N3. The number of nitrogen functional groups attached to an aromatic ring is 2. The zero-order valence-electron chi connectivity index (χ0n) is 15.7. The van der Waals surface area contributed by atoms with Crippen molar-refractivity contribution in [1.29, 1.82) is 0 Å². The molecule has 0 saturated carbocycles. The lowest BCUT2D eigenvalue weighted by Gasteiger charge is -2.33. The summed E-state index contributed by atoms with van der Waals surface area (Å²) in [6.07, 6.45) is -2.57. The minimum Gasteiger partial charge on any atom is -0.399 e. The number of halogens is 3. The van der Waals surface area contributed by atoms with Gasteiger partial charge in [-0.1, -0.05) is 24.3 Å². The van der Waals surface area contributed by atoms with Gasteiger partial charge in [-0.2, -0.15) is 13.2 Å². The van der Waals surface area contributed by atoms with E-state index in [9.17, 15) is 13.2 Å². The molecule has 1 heterocycles. The maximum absolute atomic E-state index is 13.0. The van der Waals surface area contributed by atoms with Gasteiger partial charge in [-0.25, -0.2) is 0 Å². The second-order valence-corrected chi connectivity index (χ2v) is 7.39. The predicted octanol–water partition coefficient (Wildman–Crippen LogP) is 5.95. The van der Waals surface area contributed by atoms with E-state index in [0.717, 1.165) is 41.8 Å². The standard InChI is InChI=1S/C23H22F3N3/c24-23(25,26)17-5-11-20(12-6-17)29-21(15-1-7-18(27)8-2-15)13-14-22(29)16-3-9-19(28)10-4-16/h1-12,21-22H,13-14,27-28H2/t21-,22?/m0/s1. The Labute approximate surface area is 167 Å². The van der Waals surface area contributed by atoms with Crippen LogP contribution in [0, 0.1) is 0 Å². The highest BCUT2D eigenvalue weighted by molar-refractivity contribution is 5.55. The average Bonchev–Trinajstić information content (AvgIpc) is 3.13. The fraction of sp³-hybridized carbons (Fsp3) is 0.217. The van der Waals surface area contributed by atoms with E-state index >= 15 is 0 Å². The summed E-state index contributed by atoms with van der Waals surface area (Å²) in [6, 6.07) is 20.9. The van der Waals surface area contributed by atoms with Gasteiger partial charge in [0.2, 0.25) is 0 Å². The predicted molar refractivity (Wildman–Crippen MR) is 110 cm³/mol. The zero-order chi connectivity index (χ0) is 20.6. The number of nitrogens with two attached hydrogens (primary N) is 2. The summed E-state index contributed by atoms with van der Waals surface area (Å²) in [5.41, 5.74) is 15.3. The second-order valence-electron chi connectivity index (χ2n) is 7.39. The molecule has 1 fully saturated rings. The molecule has 0 aromatic heterocycles. The molecule has 3 aromatic carbocycles. The first-order valence-corrected chi connectivity index (χ1v) is 9.49. The Morgan fingerprint density at radius 1 is 0.655 bits per heavy atom. The molecule has 0 bridgehead atoms. The fourth-order valence-electron chi connectivity index (χ4n) is 4.08. The van der Waals surface area contributed by atoms with Gasteiger partial charge in [0.1, 0.15) is 0 Å². The van der Waals surface area contributed by atoms with Gasteiger partial charge in [0.25, 0.3) is 0 Å². The van der Waals surface area contributed by atoms with Crippen molar-refractivity contribution in [2.75, 3.05) is 16.4 Å². The van der Waals surface area contributed by atoms with Crippen LogP contribution < -0.4 is 16.4 Å². The SMILES string of the molecule is Nc1ccc(C2CC[C@@H](c3ccc(N)cc3)N2c2ccc(C(F)(F)F)cc2)cc1. The van der Waals surface area contributed by atoms with Gasteiger partial charge in [0.15, 0.2) is 0 Å². The van der Waals surface area contributed by atoms with Gasteiger partial charge in [0.05, 0.1) is 17.6 Å². The summed E-state index contributed by atoms with van der Waals surface area (Å²) in [6.45, 7) is 0. The van der Waals surface area contributed by atoms with Crippen LogP contribution in [0.1, 0.15) is 41.6 Å². The fourth-order valence-corrected chi connectivity index (χ4v) is 4.08. The number of hydrogen-bond donors (Lipinski definition) is 2. The molecule has 1 aliphatic rings.